The Morgan fingerprint density at radius 1 is 1.21 bits per heavy atom. The molecule has 0 bridgehead atoms. The largest absolute Gasteiger partial charge is 0.497 e. The summed E-state index contributed by atoms with van der Waals surface area (Å²) in [5.41, 5.74) is 1.14. The third-order valence-electron chi connectivity index (χ3n) is 2.30. The topological polar surface area (TPSA) is 27.7 Å². The molecule has 14 heavy (non-hydrogen) atoms. The van der Waals surface area contributed by atoms with Gasteiger partial charge in [0.1, 0.15) is 11.9 Å². The highest BCUT2D eigenvalue weighted by Gasteiger charge is 2.15. The van der Waals surface area contributed by atoms with Gasteiger partial charge in [0.25, 0.3) is 0 Å². The molecular weight excluding hydrogens is 180 g/mol. The molecule has 3 nitrogen and oxygen atoms in total. The number of benzene rings is 1. The predicted molar refractivity (Wildman–Crippen MR) is 52.5 cm³/mol. The molecule has 0 saturated carbocycles. The van der Waals surface area contributed by atoms with Crippen molar-refractivity contribution in [2.45, 2.75) is 6.10 Å². The van der Waals surface area contributed by atoms with Crippen molar-refractivity contribution in [3.8, 4) is 5.75 Å². The van der Waals surface area contributed by atoms with Gasteiger partial charge in [0.15, 0.2) is 0 Å². The van der Waals surface area contributed by atoms with Crippen molar-refractivity contribution in [1.29, 1.82) is 0 Å². The molecule has 1 fully saturated rings. The fourth-order valence-electron chi connectivity index (χ4n) is 1.50. The zero-order valence-electron chi connectivity index (χ0n) is 8.23. The van der Waals surface area contributed by atoms with Crippen LogP contribution in [0.3, 0.4) is 0 Å². The van der Waals surface area contributed by atoms with E-state index in [0.29, 0.717) is 19.8 Å². The first-order chi connectivity index (χ1) is 6.90. The summed E-state index contributed by atoms with van der Waals surface area (Å²) >= 11 is 0. The Morgan fingerprint density at radius 3 is 2.57 bits per heavy atom. The SMILES string of the molecule is COc1ccc(C2COCCO2)cc1. The van der Waals surface area contributed by atoms with Gasteiger partial charge in [0, 0.05) is 0 Å². The third kappa shape index (κ3) is 2.05. The molecule has 1 saturated heterocycles. The fraction of sp³-hybridized carbons (Fsp3) is 0.455. The molecule has 2 rings (SSSR count). The van der Waals surface area contributed by atoms with E-state index in [1.165, 1.54) is 0 Å². The molecule has 0 N–H and O–H groups in total. The number of hydrogen-bond acceptors (Lipinski definition) is 3. The number of rotatable bonds is 2. The van der Waals surface area contributed by atoms with Crippen molar-refractivity contribution >= 4 is 0 Å². The maximum Gasteiger partial charge on any atom is 0.118 e. The van der Waals surface area contributed by atoms with Crippen LogP contribution >= 0.6 is 0 Å². The molecule has 0 aromatic heterocycles. The van der Waals surface area contributed by atoms with Gasteiger partial charge in [-0.25, -0.2) is 0 Å². The first kappa shape index (κ1) is 9.49. The summed E-state index contributed by atoms with van der Waals surface area (Å²) in [5, 5.41) is 0. The van der Waals surface area contributed by atoms with E-state index in [1.54, 1.807) is 7.11 Å². The summed E-state index contributed by atoms with van der Waals surface area (Å²) in [6.45, 7) is 2.02. The second kappa shape index (κ2) is 4.44. The van der Waals surface area contributed by atoms with Gasteiger partial charge in [-0.05, 0) is 17.7 Å². The second-order valence-electron chi connectivity index (χ2n) is 3.21. The number of methoxy groups -OCH3 is 1. The lowest BCUT2D eigenvalue weighted by Gasteiger charge is -2.23. The molecule has 1 heterocycles. The van der Waals surface area contributed by atoms with E-state index in [2.05, 4.69) is 0 Å². The van der Waals surface area contributed by atoms with Crippen LogP contribution in [0.15, 0.2) is 24.3 Å². The van der Waals surface area contributed by atoms with E-state index in [0.717, 1.165) is 11.3 Å². The predicted octanol–water partition coefficient (Wildman–Crippen LogP) is 1.78. The van der Waals surface area contributed by atoms with Crippen molar-refractivity contribution in [1.82, 2.24) is 0 Å². The first-order valence-corrected chi connectivity index (χ1v) is 4.73. The lowest BCUT2D eigenvalue weighted by Crippen LogP contribution is -2.21. The highest BCUT2D eigenvalue weighted by atomic mass is 16.6. The van der Waals surface area contributed by atoms with Gasteiger partial charge in [-0.1, -0.05) is 12.1 Å². The van der Waals surface area contributed by atoms with Gasteiger partial charge in [0.05, 0.1) is 26.9 Å². The summed E-state index contributed by atoms with van der Waals surface area (Å²) in [7, 11) is 1.66. The maximum absolute atomic E-state index is 5.57. The molecule has 0 amide bonds. The van der Waals surface area contributed by atoms with E-state index < -0.39 is 0 Å². The molecule has 0 aliphatic carbocycles. The van der Waals surface area contributed by atoms with E-state index in [4.69, 9.17) is 14.2 Å². The van der Waals surface area contributed by atoms with Crippen molar-refractivity contribution in [3.05, 3.63) is 29.8 Å². The molecule has 3 heteroatoms. The van der Waals surface area contributed by atoms with Crippen LogP contribution in [0, 0.1) is 0 Å². The summed E-state index contributed by atoms with van der Waals surface area (Å²) in [6.07, 6.45) is 0.0784. The molecule has 0 spiro atoms. The average molecular weight is 194 g/mol. The van der Waals surface area contributed by atoms with Crippen LogP contribution in [-0.4, -0.2) is 26.9 Å². The standard InChI is InChI=1S/C11H14O3/c1-12-10-4-2-9(3-5-10)11-8-13-6-7-14-11/h2-5,11H,6-8H2,1H3. The van der Waals surface area contributed by atoms with Crippen LogP contribution in [0.2, 0.25) is 0 Å². The Kier molecular flexibility index (Phi) is 3.01. The first-order valence-electron chi connectivity index (χ1n) is 4.73. The number of hydrogen-bond donors (Lipinski definition) is 0. The van der Waals surface area contributed by atoms with Gasteiger partial charge >= 0.3 is 0 Å². The normalized spacial score (nSPS) is 21.9. The molecule has 1 aromatic carbocycles. The van der Waals surface area contributed by atoms with E-state index >= 15 is 0 Å². The Labute approximate surface area is 83.6 Å². The van der Waals surface area contributed by atoms with E-state index in [-0.39, 0.29) is 6.10 Å². The fourth-order valence-corrected chi connectivity index (χ4v) is 1.50. The van der Waals surface area contributed by atoms with Crippen LogP contribution < -0.4 is 4.74 Å². The van der Waals surface area contributed by atoms with Crippen LogP contribution in [0.4, 0.5) is 0 Å². The summed E-state index contributed by atoms with van der Waals surface area (Å²) in [4.78, 5) is 0. The third-order valence-corrected chi connectivity index (χ3v) is 2.30. The summed E-state index contributed by atoms with van der Waals surface area (Å²) in [6, 6.07) is 7.90. The van der Waals surface area contributed by atoms with Gasteiger partial charge in [-0.15, -0.1) is 0 Å². The van der Waals surface area contributed by atoms with Gasteiger partial charge in [0.2, 0.25) is 0 Å². The minimum absolute atomic E-state index is 0.0784. The summed E-state index contributed by atoms with van der Waals surface area (Å²) in [5.74, 6) is 0.866. The zero-order chi connectivity index (χ0) is 9.80. The number of ether oxygens (including phenoxy) is 3. The highest BCUT2D eigenvalue weighted by molar-refractivity contribution is 5.28. The van der Waals surface area contributed by atoms with Gasteiger partial charge < -0.3 is 14.2 Å². The lowest BCUT2D eigenvalue weighted by molar-refractivity contribution is -0.0901. The molecular formula is C11H14O3. The van der Waals surface area contributed by atoms with Crippen molar-refractivity contribution in [2.75, 3.05) is 26.9 Å². The highest BCUT2D eigenvalue weighted by Crippen LogP contribution is 2.22. The van der Waals surface area contributed by atoms with Crippen LogP contribution in [-0.2, 0) is 9.47 Å². The minimum atomic E-state index is 0.0784. The zero-order valence-corrected chi connectivity index (χ0v) is 8.23. The Morgan fingerprint density at radius 2 is 2.00 bits per heavy atom. The van der Waals surface area contributed by atoms with Gasteiger partial charge in [-0.2, -0.15) is 0 Å². The molecule has 1 aliphatic rings. The average Bonchev–Trinajstić information content (AvgIpc) is 2.30. The van der Waals surface area contributed by atoms with E-state index in [9.17, 15) is 0 Å². The summed E-state index contributed by atoms with van der Waals surface area (Å²) < 4.78 is 16.0. The van der Waals surface area contributed by atoms with Gasteiger partial charge in [-0.3, -0.25) is 0 Å². The molecule has 1 atom stereocenters. The maximum atomic E-state index is 5.57. The molecule has 76 valence electrons. The molecule has 1 aliphatic heterocycles. The molecule has 0 radical (unpaired) electrons. The smallest absolute Gasteiger partial charge is 0.118 e. The van der Waals surface area contributed by atoms with Crippen LogP contribution in [0.1, 0.15) is 11.7 Å². The Bertz CT molecular complexity index is 275. The van der Waals surface area contributed by atoms with Crippen LogP contribution in [0.25, 0.3) is 0 Å². The molecule has 1 aromatic rings. The van der Waals surface area contributed by atoms with Crippen molar-refractivity contribution in [2.24, 2.45) is 0 Å². The van der Waals surface area contributed by atoms with Crippen molar-refractivity contribution < 1.29 is 14.2 Å². The monoisotopic (exact) mass is 194 g/mol. The quantitative estimate of drug-likeness (QED) is 0.718. The Balaban J connectivity index is 2.07. The van der Waals surface area contributed by atoms with E-state index in [1.807, 2.05) is 24.3 Å². The second-order valence-corrected chi connectivity index (χ2v) is 3.21. The minimum Gasteiger partial charge on any atom is -0.497 e. The molecule has 1 unspecified atom stereocenters. The van der Waals surface area contributed by atoms with Crippen LogP contribution in [0.5, 0.6) is 5.75 Å². The van der Waals surface area contributed by atoms with Crippen molar-refractivity contribution in [3.63, 3.8) is 0 Å². The lowest BCUT2D eigenvalue weighted by atomic mass is 10.1. The Hall–Kier alpha value is -1.06.